The van der Waals surface area contributed by atoms with Crippen molar-refractivity contribution in [3.8, 4) is 0 Å². The molecule has 0 spiro atoms. The number of hydrogen-bond donors (Lipinski definition) is 0. The molecule has 0 bridgehead atoms. The zero-order valence-electron chi connectivity index (χ0n) is 12.7. The number of amides is 1. The smallest absolute Gasteiger partial charge is 0.269 e. The summed E-state index contributed by atoms with van der Waals surface area (Å²) in [5, 5.41) is 2.09. The van der Waals surface area contributed by atoms with Crippen molar-refractivity contribution in [3.63, 3.8) is 0 Å². The van der Waals surface area contributed by atoms with Gasteiger partial charge < -0.3 is 0 Å². The second-order valence-corrected chi connectivity index (χ2v) is 6.94. The molecule has 6 heteroatoms. The number of sulfone groups is 1. The molecule has 2 aromatic rings. The fraction of sp³-hybridized carbons (Fsp3) is 0.118. The van der Waals surface area contributed by atoms with E-state index in [0.717, 1.165) is 16.0 Å². The van der Waals surface area contributed by atoms with Crippen molar-refractivity contribution < 1.29 is 18.0 Å². The number of rotatable bonds is 3. The predicted octanol–water partition coefficient (Wildman–Crippen LogP) is 2.78. The molecule has 0 unspecified atom stereocenters. The van der Waals surface area contributed by atoms with E-state index in [2.05, 4.69) is 0 Å². The molecule has 0 saturated carbocycles. The highest BCUT2D eigenvalue weighted by atomic mass is 32.2. The van der Waals surface area contributed by atoms with Crippen LogP contribution >= 0.6 is 0 Å². The molecular formula is C17H15NO4S. The minimum absolute atomic E-state index is 0.164. The third-order valence-electron chi connectivity index (χ3n) is 3.69. The lowest BCUT2D eigenvalue weighted by Gasteiger charge is -2.14. The van der Waals surface area contributed by atoms with Gasteiger partial charge in [0.2, 0.25) is 9.84 Å². The van der Waals surface area contributed by atoms with Crippen LogP contribution in [0.3, 0.4) is 0 Å². The average Bonchev–Trinajstić information content (AvgIpc) is 2.81. The van der Waals surface area contributed by atoms with Crippen molar-refractivity contribution in [2.75, 3.05) is 7.11 Å². The number of carbonyl (C=O) groups is 1. The molecule has 1 aliphatic heterocycles. The van der Waals surface area contributed by atoms with Gasteiger partial charge in [0.1, 0.15) is 0 Å². The molecule has 0 aliphatic carbocycles. The maximum Gasteiger partial charge on any atom is 0.283 e. The molecule has 118 valence electrons. The number of fused-ring (bicyclic) bond motifs is 1. The van der Waals surface area contributed by atoms with Crippen LogP contribution in [-0.2, 0) is 14.7 Å². The Morgan fingerprint density at radius 2 is 1.74 bits per heavy atom. The third-order valence-corrected chi connectivity index (χ3v) is 5.15. The Hall–Kier alpha value is -2.44. The van der Waals surface area contributed by atoms with Crippen LogP contribution in [0.15, 0.2) is 58.8 Å². The van der Waals surface area contributed by atoms with Crippen LogP contribution in [0.25, 0.3) is 5.70 Å². The fourth-order valence-electron chi connectivity index (χ4n) is 2.60. The summed E-state index contributed by atoms with van der Waals surface area (Å²) < 4.78 is 25.2. The summed E-state index contributed by atoms with van der Waals surface area (Å²) >= 11 is 0. The quantitative estimate of drug-likeness (QED) is 0.868. The van der Waals surface area contributed by atoms with Crippen molar-refractivity contribution in [1.29, 1.82) is 0 Å². The summed E-state index contributed by atoms with van der Waals surface area (Å²) in [7, 11) is -2.37. The number of carbonyl (C=O) groups excluding carboxylic acids is 1. The monoisotopic (exact) mass is 329 g/mol. The zero-order valence-corrected chi connectivity index (χ0v) is 13.5. The van der Waals surface area contributed by atoms with Gasteiger partial charge in [0.25, 0.3) is 5.91 Å². The van der Waals surface area contributed by atoms with Gasteiger partial charge >= 0.3 is 0 Å². The van der Waals surface area contributed by atoms with Gasteiger partial charge in [-0.2, -0.15) is 5.06 Å². The van der Waals surface area contributed by atoms with E-state index in [-0.39, 0.29) is 16.5 Å². The maximum atomic E-state index is 12.6. The van der Waals surface area contributed by atoms with Gasteiger partial charge in [-0.25, -0.2) is 8.42 Å². The average molecular weight is 329 g/mol. The fourth-order valence-corrected chi connectivity index (χ4v) is 3.79. The highest BCUT2D eigenvalue weighted by Gasteiger charge is 2.35. The highest BCUT2D eigenvalue weighted by molar-refractivity contribution is 7.94. The number of benzene rings is 2. The first-order valence-electron chi connectivity index (χ1n) is 6.96. The Bertz CT molecular complexity index is 901. The van der Waals surface area contributed by atoms with Gasteiger partial charge in [-0.05, 0) is 24.6 Å². The molecule has 1 amide bonds. The second kappa shape index (κ2) is 5.64. The molecule has 23 heavy (non-hydrogen) atoms. The zero-order chi connectivity index (χ0) is 16.6. The SMILES string of the molecule is CON1C(=O)c2c(C)cccc2/C1=C\S(=O)(=O)c1ccccc1. The summed E-state index contributed by atoms with van der Waals surface area (Å²) in [6, 6.07) is 13.4. The first-order valence-corrected chi connectivity index (χ1v) is 8.51. The predicted molar refractivity (Wildman–Crippen MR) is 86.0 cm³/mol. The van der Waals surface area contributed by atoms with Crippen LogP contribution in [0.5, 0.6) is 0 Å². The van der Waals surface area contributed by atoms with Gasteiger partial charge in [0.15, 0.2) is 0 Å². The second-order valence-electron chi connectivity index (χ2n) is 5.14. The largest absolute Gasteiger partial charge is 0.283 e. The topological polar surface area (TPSA) is 63.7 Å². The number of nitrogens with zero attached hydrogens (tertiary/aromatic N) is 1. The van der Waals surface area contributed by atoms with Gasteiger partial charge in [-0.3, -0.25) is 9.63 Å². The van der Waals surface area contributed by atoms with Crippen LogP contribution in [0, 0.1) is 6.92 Å². The molecule has 5 nitrogen and oxygen atoms in total. The van der Waals surface area contributed by atoms with E-state index < -0.39 is 9.84 Å². The van der Waals surface area contributed by atoms with Crippen molar-refractivity contribution in [2.45, 2.75) is 11.8 Å². The Labute approximate surface area is 134 Å². The first-order chi connectivity index (χ1) is 11.0. The van der Waals surface area contributed by atoms with E-state index in [4.69, 9.17) is 4.84 Å². The Kier molecular flexibility index (Phi) is 3.79. The Balaban J connectivity index is 2.20. The van der Waals surface area contributed by atoms with Crippen molar-refractivity contribution in [3.05, 3.63) is 70.6 Å². The number of hydrogen-bond acceptors (Lipinski definition) is 4. The molecule has 0 aromatic heterocycles. The summed E-state index contributed by atoms with van der Waals surface area (Å²) in [5.41, 5.74) is 2.01. The summed E-state index contributed by atoms with van der Waals surface area (Å²) in [4.78, 5) is 17.7. The van der Waals surface area contributed by atoms with Gasteiger partial charge in [-0.15, -0.1) is 0 Å². The first kappa shape index (κ1) is 15.5. The van der Waals surface area contributed by atoms with E-state index >= 15 is 0 Å². The van der Waals surface area contributed by atoms with Crippen molar-refractivity contribution in [2.24, 2.45) is 0 Å². The van der Waals surface area contributed by atoms with E-state index in [0.29, 0.717) is 11.1 Å². The molecule has 0 saturated heterocycles. The Morgan fingerprint density at radius 3 is 2.39 bits per heavy atom. The van der Waals surface area contributed by atoms with Crippen LogP contribution in [0.2, 0.25) is 0 Å². The van der Waals surface area contributed by atoms with E-state index in [1.165, 1.54) is 19.2 Å². The third kappa shape index (κ3) is 2.56. The van der Waals surface area contributed by atoms with Gasteiger partial charge in [-0.1, -0.05) is 36.4 Å². The molecule has 0 atom stereocenters. The summed E-state index contributed by atoms with van der Waals surface area (Å²) in [5.74, 6) is -0.366. The van der Waals surface area contributed by atoms with Crippen LogP contribution in [0.4, 0.5) is 0 Å². The minimum Gasteiger partial charge on any atom is -0.269 e. The summed E-state index contributed by atoms with van der Waals surface area (Å²) in [6.45, 7) is 1.80. The lowest BCUT2D eigenvalue weighted by Crippen LogP contribution is -2.22. The van der Waals surface area contributed by atoms with Crippen molar-refractivity contribution in [1.82, 2.24) is 5.06 Å². The molecular weight excluding hydrogens is 314 g/mol. The van der Waals surface area contributed by atoms with Crippen molar-refractivity contribution >= 4 is 21.4 Å². The molecule has 0 N–H and O–H groups in total. The molecule has 3 rings (SSSR count). The number of hydroxylamine groups is 2. The summed E-state index contributed by atoms with van der Waals surface area (Å²) in [6.07, 6.45) is 0. The lowest BCUT2D eigenvalue weighted by molar-refractivity contribution is -0.0455. The normalized spacial score (nSPS) is 16.0. The lowest BCUT2D eigenvalue weighted by atomic mass is 10.0. The molecule has 1 heterocycles. The minimum atomic E-state index is -3.70. The maximum absolute atomic E-state index is 12.6. The van der Waals surface area contributed by atoms with Crippen LogP contribution < -0.4 is 0 Å². The molecule has 2 aromatic carbocycles. The molecule has 0 radical (unpaired) electrons. The van der Waals surface area contributed by atoms with E-state index in [1.54, 1.807) is 43.3 Å². The molecule has 0 fully saturated rings. The van der Waals surface area contributed by atoms with Gasteiger partial charge in [0, 0.05) is 5.56 Å². The van der Waals surface area contributed by atoms with Crippen LogP contribution in [0.1, 0.15) is 21.5 Å². The number of aryl methyl sites for hydroxylation is 1. The van der Waals surface area contributed by atoms with Gasteiger partial charge in [0.05, 0.1) is 28.7 Å². The standard InChI is InChI=1S/C17H15NO4S/c1-12-7-6-10-14-15(18(22-2)17(19)16(12)14)11-23(20,21)13-8-4-3-5-9-13/h3-11H,1-2H3/b15-11+. The van der Waals surface area contributed by atoms with E-state index in [1.807, 2.05) is 0 Å². The van der Waals surface area contributed by atoms with Crippen LogP contribution in [-0.4, -0.2) is 26.5 Å². The molecule has 1 aliphatic rings. The Morgan fingerprint density at radius 1 is 1.04 bits per heavy atom. The highest BCUT2D eigenvalue weighted by Crippen LogP contribution is 2.35. The van der Waals surface area contributed by atoms with E-state index in [9.17, 15) is 13.2 Å².